The fraction of sp³-hybridized carbons (Fsp3) is 0.267. The third-order valence-corrected chi connectivity index (χ3v) is 3.49. The van der Waals surface area contributed by atoms with E-state index in [0.29, 0.717) is 0 Å². The molecule has 0 aliphatic heterocycles. The van der Waals surface area contributed by atoms with Crippen LogP contribution in [-0.4, -0.2) is 11.0 Å². The summed E-state index contributed by atoms with van der Waals surface area (Å²) in [6.45, 7) is 2.06. The van der Waals surface area contributed by atoms with Gasteiger partial charge in [-0.1, -0.05) is 24.3 Å². The zero-order valence-electron chi connectivity index (χ0n) is 10.4. The molecule has 1 aliphatic rings. The molecule has 1 aromatic heterocycles. The van der Waals surface area contributed by atoms with Crippen LogP contribution in [0.5, 0.6) is 0 Å². The van der Waals surface area contributed by atoms with Gasteiger partial charge in [0.1, 0.15) is 5.82 Å². The minimum absolute atomic E-state index is 0.115. The maximum Gasteiger partial charge on any atom is 0.126 e. The van der Waals surface area contributed by atoms with Crippen molar-refractivity contribution in [1.82, 2.24) is 4.98 Å². The van der Waals surface area contributed by atoms with Gasteiger partial charge in [-0.3, -0.25) is 0 Å². The Morgan fingerprint density at radius 2 is 2.11 bits per heavy atom. The van der Waals surface area contributed by atoms with Gasteiger partial charge in [-0.25, -0.2) is 4.98 Å². The van der Waals surface area contributed by atoms with Crippen LogP contribution in [0.25, 0.3) is 0 Å². The first-order chi connectivity index (χ1) is 8.74. The summed E-state index contributed by atoms with van der Waals surface area (Å²) >= 11 is 0. The summed E-state index contributed by atoms with van der Waals surface area (Å²) in [5.41, 5.74) is 10.1. The molecule has 3 nitrogen and oxygen atoms in total. The average molecular weight is 239 g/mol. The Bertz CT molecular complexity index is 565. The van der Waals surface area contributed by atoms with Crippen LogP contribution in [0.15, 0.2) is 42.6 Å². The van der Waals surface area contributed by atoms with Crippen LogP contribution in [0, 0.1) is 6.92 Å². The Morgan fingerprint density at radius 3 is 2.94 bits per heavy atom. The van der Waals surface area contributed by atoms with E-state index in [1.54, 1.807) is 0 Å². The Hall–Kier alpha value is -1.87. The van der Waals surface area contributed by atoms with E-state index >= 15 is 0 Å². The lowest BCUT2D eigenvalue weighted by atomic mass is 10.1. The van der Waals surface area contributed by atoms with Crippen LogP contribution in [0.2, 0.25) is 0 Å². The summed E-state index contributed by atoms with van der Waals surface area (Å²) in [5.74, 6) is 0.896. The molecule has 92 valence electrons. The van der Waals surface area contributed by atoms with E-state index < -0.39 is 0 Å². The van der Waals surface area contributed by atoms with Crippen LogP contribution < -0.4 is 11.1 Å². The first-order valence-electron chi connectivity index (χ1n) is 6.26. The fourth-order valence-corrected chi connectivity index (χ4v) is 2.59. The topological polar surface area (TPSA) is 50.9 Å². The molecule has 0 fully saturated rings. The lowest BCUT2D eigenvalue weighted by Crippen LogP contribution is -2.30. The van der Waals surface area contributed by atoms with Crippen molar-refractivity contribution in [2.24, 2.45) is 5.73 Å². The summed E-state index contributed by atoms with van der Waals surface area (Å²) in [6.07, 6.45) is 2.75. The lowest BCUT2D eigenvalue weighted by Gasteiger charge is -2.19. The molecule has 2 atom stereocenters. The van der Waals surface area contributed by atoms with Gasteiger partial charge in [0, 0.05) is 12.2 Å². The van der Waals surface area contributed by atoms with Crippen molar-refractivity contribution in [3.63, 3.8) is 0 Å². The highest BCUT2D eigenvalue weighted by Gasteiger charge is 2.29. The van der Waals surface area contributed by atoms with Crippen LogP contribution in [0.1, 0.15) is 22.7 Å². The Morgan fingerprint density at radius 1 is 1.28 bits per heavy atom. The number of nitrogens with two attached hydrogens (primary N) is 1. The van der Waals surface area contributed by atoms with Gasteiger partial charge in [-0.15, -0.1) is 0 Å². The van der Waals surface area contributed by atoms with Crippen molar-refractivity contribution in [3.05, 3.63) is 59.3 Å². The number of aromatic nitrogens is 1. The predicted molar refractivity (Wildman–Crippen MR) is 73.5 cm³/mol. The molecule has 0 bridgehead atoms. The highest BCUT2D eigenvalue weighted by atomic mass is 15.0. The first-order valence-corrected chi connectivity index (χ1v) is 6.26. The summed E-state index contributed by atoms with van der Waals surface area (Å²) in [4.78, 5) is 4.34. The molecule has 1 aliphatic carbocycles. The highest BCUT2D eigenvalue weighted by molar-refractivity contribution is 5.46. The molecule has 1 heterocycles. The summed E-state index contributed by atoms with van der Waals surface area (Å²) in [6, 6.07) is 12.8. The predicted octanol–water partition coefficient (Wildman–Crippen LogP) is 2.43. The van der Waals surface area contributed by atoms with Crippen LogP contribution in [-0.2, 0) is 6.42 Å². The molecule has 18 heavy (non-hydrogen) atoms. The molecule has 3 rings (SSSR count). The molecule has 0 amide bonds. The lowest BCUT2D eigenvalue weighted by molar-refractivity contribution is 0.623. The molecule has 1 aromatic carbocycles. The van der Waals surface area contributed by atoms with Gasteiger partial charge < -0.3 is 11.1 Å². The fourth-order valence-electron chi connectivity index (χ4n) is 2.59. The van der Waals surface area contributed by atoms with Crippen molar-refractivity contribution in [1.29, 1.82) is 0 Å². The van der Waals surface area contributed by atoms with Crippen molar-refractivity contribution >= 4 is 5.82 Å². The zero-order valence-corrected chi connectivity index (χ0v) is 10.4. The van der Waals surface area contributed by atoms with E-state index in [0.717, 1.165) is 12.2 Å². The Labute approximate surface area is 107 Å². The van der Waals surface area contributed by atoms with E-state index in [9.17, 15) is 0 Å². The molecule has 3 heteroatoms. The molecule has 0 radical (unpaired) electrons. The molecule has 2 aromatic rings. The second kappa shape index (κ2) is 4.42. The number of nitrogens with one attached hydrogen (secondary N) is 1. The van der Waals surface area contributed by atoms with Gasteiger partial charge >= 0.3 is 0 Å². The van der Waals surface area contributed by atoms with Gasteiger partial charge in [-0.05, 0) is 42.2 Å². The molecular weight excluding hydrogens is 222 g/mol. The highest BCUT2D eigenvalue weighted by Crippen LogP contribution is 2.32. The Kier molecular flexibility index (Phi) is 2.76. The van der Waals surface area contributed by atoms with E-state index in [1.165, 1.54) is 16.7 Å². The molecule has 0 saturated heterocycles. The third-order valence-electron chi connectivity index (χ3n) is 3.49. The second-order valence-corrected chi connectivity index (χ2v) is 4.91. The number of anilines is 1. The number of fused-ring (bicyclic) bond motifs is 1. The number of pyridine rings is 1. The summed E-state index contributed by atoms with van der Waals surface area (Å²) in [5, 5.41) is 3.45. The number of nitrogens with zero attached hydrogens (tertiary/aromatic N) is 1. The minimum atomic E-state index is 0.115. The number of rotatable bonds is 2. The number of benzene rings is 1. The summed E-state index contributed by atoms with van der Waals surface area (Å²) < 4.78 is 0. The van der Waals surface area contributed by atoms with Crippen molar-refractivity contribution in [2.45, 2.75) is 25.4 Å². The van der Waals surface area contributed by atoms with Crippen molar-refractivity contribution < 1.29 is 0 Å². The van der Waals surface area contributed by atoms with Crippen molar-refractivity contribution in [3.8, 4) is 0 Å². The van der Waals surface area contributed by atoms with Crippen molar-refractivity contribution in [2.75, 3.05) is 5.32 Å². The SMILES string of the molecule is Cc1ccnc(NC2c3ccccc3CC2N)c1. The standard InChI is InChI=1S/C15H17N3/c1-10-6-7-17-14(8-10)18-15-12-5-3-2-4-11(12)9-13(15)16/h2-8,13,15H,9,16H2,1H3,(H,17,18). The van der Waals surface area contributed by atoms with Gasteiger partial charge in [0.15, 0.2) is 0 Å². The number of aryl methyl sites for hydroxylation is 1. The van der Waals surface area contributed by atoms with Crippen LogP contribution in [0.4, 0.5) is 5.82 Å². The van der Waals surface area contributed by atoms with E-state index in [2.05, 4.69) is 41.5 Å². The molecular formula is C15H17N3. The van der Waals surface area contributed by atoms with Gasteiger partial charge in [0.05, 0.1) is 6.04 Å². The normalized spacial score (nSPS) is 21.7. The van der Waals surface area contributed by atoms with E-state index in [1.807, 2.05) is 18.3 Å². The maximum absolute atomic E-state index is 6.22. The van der Waals surface area contributed by atoms with E-state index in [-0.39, 0.29) is 12.1 Å². The van der Waals surface area contributed by atoms with Gasteiger partial charge in [0.2, 0.25) is 0 Å². The molecule has 0 spiro atoms. The van der Waals surface area contributed by atoms with E-state index in [4.69, 9.17) is 5.73 Å². The largest absolute Gasteiger partial charge is 0.362 e. The average Bonchev–Trinajstić information content (AvgIpc) is 2.66. The molecule has 3 N–H and O–H groups in total. The maximum atomic E-state index is 6.22. The smallest absolute Gasteiger partial charge is 0.126 e. The molecule has 0 saturated carbocycles. The minimum Gasteiger partial charge on any atom is -0.362 e. The zero-order chi connectivity index (χ0) is 12.5. The van der Waals surface area contributed by atoms with Gasteiger partial charge in [0.25, 0.3) is 0 Å². The van der Waals surface area contributed by atoms with Crippen LogP contribution in [0.3, 0.4) is 0 Å². The summed E-state index contributed by atoms with van der Waals surface area (Å²) in [7, 11) is 0. The quantitative estimate of drug-likeness (QED) is 0.846. The van der Waals surface area contributed by atoms with Crippen LogP contribution >= 0.6 is 0 Å². The third kappa shape index (κ3) is 1.97. The number of hydrogen-bond donors (Lipinski definition) is 2. The van der Waals surface area contributed by atoms with Gasteiger partial charge in [-0.2, -0.15) is 0 Å². The molecule has 2 unspecified atom stereocenters. The monoisotopic (exact) mass is 239 g/mol. The number of hydrogen-bond acceptors (Lipinski definition) is 3. The Balaban J connectivity index is 1.89. The second-order valence-electron chi connectivity index (χ2n) is 4.91. The first kappa shape index (κ1) is 11.2.